The Hall–Kier alpha value is -0.0800. The fourth-order valence-corrected chi connectivity index (χ4v) is 2.57. The quantitative estimate of drug-likeness (QED) is 0.733. The summed E-state index contributed by atoms with van der Waals surface area (Å²) < 4.78 is 6.12. The lowest BCUT2D eigenvalue weighted by Crippen LogP contribution is -2.38. The van der Waals surface area contributed by atoms with Gasteiger partial charge in [0.1, 0.15) is 0 Å². The van der Waals surface area contributed by atoms with Crippen molar-refractivity contribution >= 4 is 0 Å². The van der Waals surface area contributed by atoms with E-state index >= 15 is 0 Å². The van der Waals surface area contributed by atoms with Crippen LogP contribution in [0.1, 0.15) is 45.4 Å². The van der Waals surface area contributed by atoms with Crippen molar-refractivity contribution in [3.63, 3.8) is 0 Å². The summed E-state index contributed by atoms with van der Waals surface area (Å²) in [7, 11) is 0. The van der Waals surface area contributed by atoms with E-state index in [1.165, 1.54) is 45.1 Å². The molecule has 0 aromatic rings. The second kappa shape index (κ2) is 5.13. The Morgan fingerprint density at radius 1 is 1.00 bits per heavy atom. The zero-order valence-corrected chi connectivity index (χ0v) is 9.30. The van der Waals surface area contributed by atoms with Gasteiger partial charge in [0.2, 0.25) is 0 Å². The molecule has 1 atom stereocenters. The molecular formula is C12H23NO. The first-order valence-corrected chi connectivity index (χ1v) is 6.21. The number of rotatable bonds is 2. The Bertz CT molecular complexity index is 158. The second-order valence-electron chi connectivity index (χ2n) is 4.99. The van der Waals surface area contributed by atoms with Gasteiger partial charge in [-0.15, -0.1) is 0 Å². The maximum Gasteiger partial charge on any atom is 0.0703 e. The second-order valence-corrected chi connectivity index (χ2v) is 4.99. The van der Waals surface area contributed by atoms with Gasteiger partial charge in [-0.25, -0.2) is 0 Å². The lowest BCUT2D eigenvalue weighted by Gasteiger charge is -2.32. The summed E-state index contributed by atoms with van der Waals surface area (Å²) in [6.45, 7) is 4.62. The van der Waals surface area contributed by atoms with E-state index in [9.17, 15) is 0 Å². The first kappa shape index (κ1) is 10.4. The molecular weight excluding hydrogens is 174 g/mol. The van der Waals surface area contributed by atoms with Crippen molar-refractivity contribution in [1.29, 1.82) is 0 Å². The van der Waals surface area contributed by atoms with Gasteiger partial charge in [-0.3, -0.25) is 0 Å². The highest BCUT2D eigenvalue weighted by atomic mass is 16.5. The molecule has 1 saturated carbocycles. The van der Waals surface area contributed by atoms with E-state index in [1.54, 1.807) is 0 Å². The number of hydrogen-bond donors (Lipinski definition) is 1. The summed E-state index contributed by atoms with van der Waals surface area (Å²) in [4.78, 5) is 0. The molecule has 1 saturated heterocycles. The van der Waals surface area contributed by atoms with Crippen LogP contribution >= 0.6 is 0 Å². The molecule has 0 spiro atoms. The summed E-state index contributed by atoms with van der Waals surface area (Å²) in [6.07, 6.45) is 8.93. The van der Waals surface area contributed by atoms with Gasteiger partial charge in [0, 0.05) is 6.54 Å². The van der Waals surface area contributed by atoms with E-state index < -0.39 is 0 Å². The zero-order valence-electron chi connectivity index (χ0n) is 9.30. The molecule has 1 N–H and O–H groups in total. The highest BCUT2D eigenvalue weighted by molar-refractivity contribution is 4.75. The smallest absolute Gasteiger partial charge is 0.0703 e. The van der Waals surface area contributed by atoms with E-state index in [1.807, 2.05) is 0 Å². The molecule has 14 heavy (non-hydrogen) atoms. The summed E-state index contributed by atoms with van der Waals surface area (Å²) in [5, 5.41) is 3.41. The molecule has 2 nitrogen and oxygen atoms in total. The molecule has 2 rings (SSSR count). The molecule has 0 aromatic heterocycles. The first-order valence-electron chi connectivity index (χ1n) is 6.21. The van der Waals surface area contributed by atoms with E-state index in [0.717, 1.165) is 12.5 Å². The summed E-state index contributed by atoms with van der Waals surface area (Å²) in [5.41, 5.74) is 0. The molecule has 0 amide bonds. The predicted molar refractivity (Wildman–Crippen MR) is 58.4 cm³/mol. The lowest BCUT2D eigenvalue weighted by atomic mass is 9.89. The number of ether oxygens (including phenoxy) is 1. The van der Waals surface area contributed by atoms with Gasteiger partial charge < -0.3 is 10.1 Å². The Kier molecular flexibility index (Phi) is 3.82. The van der Waals surface area contributed by atoms with Gasteiger partial charge in [0.05, 0.1) is 12.2 Å². The van der Waals surface area contributed by atoms with Gasteiger partial charge in [-0.05, 0) is 51.0 Å². The van der Waals surface area contributed by atoms with Gasteiger partial charge in [0.15, 0.2) is 0 Å². The molecule has 0 bridgehead atoms. The van der Waals surface area contributed by atoms with Crippen molar-refractivity contribution in [2.24, 2.45) is 5.92 Å². The topological polar surface area (TPSA) is 21.3 Å². The predicted octanol–water partition coefficient (Wildman–Crippen LogP) is 2.33. The van der Waals surface area contributed by atoms with Crippen LogP contribution in [0.4, 0.5) is 0 Å². The lowest BCUT2D eigenvalue weighted by molar-refractivity contribution is -0.0439. The number of nitrogens with one attached hydrogen (secondary N) is 1. The van der Waals surface area contributed by atoms with Crippen LogP contribution in [0, 0.1) is 5.92 Å². The Morgan fingerprint density at radius 3 is 2.43 bits per heavy atom. The van der Waals surface area contributed by atoms with Gasteiger partial charge in [-0.2, -0.15) is 0 Å². The molecule has 1 heterocycles. The molecule has 2 fully saturated rings. The van der Waals surface area contributed by atoms with Crippen LogP contribution in [-0.2, 0) is 4.74 Å². The molecule has 1 aliphatic heterocycles. The minimum absolute atomic E-state index is 0.502. The van der Waals surface area contributed by atoms with E-state index in [2.05, 4.69) is 12.2 Å². The Morgan fingerprint density at radius 2 is 1.79 bits per heavy atom. The molecule has 1 aliphatic carbocycles. The molecule has 0 aromatic carbocycles. The summed E-state index contributed by atoms with van der Waals surface area (Å²) in [6, 6.07) is 0. The van der Waals surface area contributed by atoms with Gasteiger partial charge >= 0.3 is 0 Å². The third-order valence-electron chi connectivity index (χ3n) is 3.60. The normalized spacial score (nSPS) is 39.6. The Balaban J connectivity index is 1.68. The van der Waals surface area contributed by atoms with Crippen LogP contribution in [0.25, 0.3) is 0 Å². The van der Waals surface area contributed by atoms with Crippen molar-refractivity contribution < 1.29 is 4.74 Å². The van der Waals surface area contributed by atoms with E-state index in [-0.39, 0.29) is 0 Å². The van der Waals surface area contributed by atoms with E-state index in [4.69, 9.17) is 4.74 Å². The van der Waals surface area contributed by atoms with E-state index in [0.29, 0.717) is 12.2 Å². The minimum Gasteiger partial charge on any atom is -0.374 e. The maximum absolute atomic E-state index is 6.12. The SMILES string of the molecule is CC1CCC(OC2CCCNC2)CC1. The third kappa shape index (κ3) is 2.96. The number of piperidine rings is 1. The average molecular weight is 197 g/mol. The van der Waals surface area contributed by atoms with Crippen molar-refractivity contribution in [1.82, 2.24) is 5.32 Å². The standard InChI is InChI=1S/C12H23NO/c1-10-4-6-11(7-5-10)14-12-3-2-8-13-9-12/h10-13H,2-9H2,1H3. The fourth-order valence-electron chi connectivity index (χ4n) is 2.57. The fraction of sp³-hybridized carbons (Fsp3) is 1.00. The largest absolute Gasteiger partial charge is 0.374 e. The zero-order chi connectivity index (χ0) is 9.80. The highest BCUT2D eigenvalue weighted by Crippen LogP contribution is 2.27. The summed E-state index contributed by atoms with van der Waals surface area (Å²) in [5.74, 6) is 0.930. The van der Waals surface area contributed by atoms with Crippen LogP contribution in [-0.4, -0.2) is 25.3 Å². The third-order valence-corrected chi connectivity index (χ3v) is 3.60. The van der Waals surface area contributed by atoms with Crippen LogP contribution in [0.2, 0.25) is 0 Å². The van der Waals surface area contributed by atoms with Crippen LogP contribution < -0.4 is 5.32 Å². The Labute approximate surface area is 87.4 Å². The van der Waals surface area contributed by atoms with Crippen molar-refractivity contribution in [2.45, 2.75) is 57.7 Å². The van der Waals surface area contributed by atoms with Crippen LogP contribution in [0.3, 0.4) is 0 Å². The molecule has 2 aliphatic rings. The minimum atomic E-state index is 0.502. The van der Waals surface area contributed by atoms with Crippen LogP contribution in [0.5, 0.6) is 0 Å². The average Bonchev–Trinajstić information content (AvgIpc) is 2.23. The number of hydrogen-bond acceptors (Lipinski definition) is 2. The first-order chi connectivity index (χ1) is 6.84. The van der Waals surface area contributed by atoms with Crippen molar-refractivity contribution in [3.05, 3.63) is 0 Å². The molecule has 2 heteroatoms. The van der Waals surface area contributed by atoms with Gasteiger partial charge in [-0.1, -0.05) is 6.92 Å². The molecule has 0 radical (unpaired) electrons. The maximum atomic E-state index is 6.12. The summed E-state index contributed by atoms with van der Waals surface area (Å²) >= 11 is 0. The van der Waals surface area contributed by atoms with Gasteiger partial charge in [0.25, 0.3) is 0 Å². The van der Waals surface area contributed by atoms with Crippen molar-refractivity contribution in [3.8, 4) is 0 Å². The monoisotopic (exact) mass is 197 g/mol. The van der Waals surface area contributed by atoms with Crippen molar-refractivity contribution in [2.75, 3.05) is 13.1 Å². The molecule has 1 unspecified atom stereocenters. The van der Waals surface area contributed by atoms with Crippen LogP contribution in [0.15, 0.2) is 0 Å². The molecule has 82 valence electrons. The highest BCUT2D eigenvalue weighted by Gasteiger charge is 2.22.